The Morgan fingerprint density at radius 1 is 1.50 bits per heavy atom. The first-order chi connectivity index (χ1) is 7.74. The van der Waals surface area contributed by atoms with Crippen LogP contribution in [0.4, 0.5) is 5.82 Å². The van der Waals surface area contributed by atoms with Crippen LogP contribution in [-0.2, 0) is 13.1 Å². The van der Waals surface area contributed by atoms with Gasteiger partial charge < -0.3 is 5.73 Å². The predicted molar refractivity (Wildman–Crippen MR) is 67.3 cm³/mol. The average Bonchev–Trinajstić information content (AvgIpc) is 2.87. The molecule has 0 unspecified atom stereocenters. The summed E-state index contributed by atoms with van der Waals surface area (Å²) in [6.45, 7) is 2.84. The molecule has 0 atom stereocenters. The highest BCUT2D eigenvalue weighted by atomic mass is 32.1. The Bertz CT molecular complexity index is 421. The Morgan fingerprint density at radius 2 is 2.38 bits per heavy atom. The van der Waals surface area contributed by atoms with Gasteiger partial charge in [0.25, 0.3) is 0 Å². The van der Waals surface area contributed by atoms with Crippen molar-refractivity contribution in [3.63, 3.8) is 0 Å². The molecule has 0 saturated carbocycles. The molecule has 0 aromatic carbocycles. The monoisotopic (exact) mass is 236 g/mol. The molecular formula is C11H16N4S. The molecule has 0 radical (unpaired) electrons. The minimum absolute atomic E-state index is 0.584. The smallest absolute Gasteiger partial charge is 0.145 e. The van der Waals surface area contributed by atoms with Crippen LogP contribution < -0.4 is 5.73 Å². The first-order valence-electron chi connectivity index (χ1n) is 5.24. The lowest BCUT2D eigenvalue weighted by Crippen LogP contribution is -2.22. The highest BCUT2D eigenvalue weighted by Gasteiger charge is 2.02. The van der Waals surface area contributed by atoms with Crippen LogP contribution in [0, 0.1) is 0 Å². The second-order valence-corrected chi connectivity index (χ2v) is 4.85. The van der Waals surface area contributed by atoms with Gasteiger partial charge in [0.15, 0.2) is 0 Å². The van der Waals surface area contributed by atoms with Crippen LogP contribution in [0.3, 0.4) is 0 Å². The van der Waals surface area contributed by atoms with E-state index in [1.807, 2.05) is 16.9 Å². The summed E-state index contributed by atoms with van der Waals surface area (Å²) in [5.41, 5.74) is 5.55. The largest absolute Gasteiger partial charge is 0.382 e. The summed E-state index contributed by atoms with van der Waals surface area (Å²) in [6, 6.07) is 6.06. The van der Waals surface area contributed by atoms with E-state index in [0.29, 0.717) is 5.82 Å². The van der Waals surface area contributed by atoms with Gasteiger partial charge in [-0.25, -0.2) is 0 Å². The quantitative estimate of drug-likeness (QED) is 0.859. The molecular weight excluding hydrogens is 220 g/mol. The lowest BCUT2D eigenvalue weighted by molar-refractivity contribution is 0.308. The summed E-state index contributed by atoms with van der Waals surface area (Å²) in [4.78, 5) is 3.67. The van der Waals surface area contributed by atoms with Gasteiger partial charge in [0.05, 0.1) is 6.54 Å². The molecule has 0 amide bonds. The van der Waals surface area contributed by atoms with Crippen molar-refractivity contribution < 1.29 is 0 Å². The number of nitrogen functional groups attached to an aromatic ring is 1. The Hall–Kier alpha value is -1.33. The fraction of sp³-hybridized carbons (Fsp3) is 0.364. The van der Waals surface area contributed by atoms with Gasteiger partial charge in [-0.05, 0) is 24.6 Å². The molecule has 2 aromatic rings. The summed E-state index contributed by atoms with van der Waals surface area (Å²) in [5, 5.41) is 6.26. The Morgan fingerprint density at radius 3 is 3.00 bits per heavy atom. The molecule has 86 valence electrons. The van der Waals surface area contributed by atoms with E-state index in [4.69, 9.17) is 5.73 Å². The van der Waals surface area contributed by atoms with E-state index in [9.17, 15) is 0 Å². The summed E-state index contributed by atoms with van der Waals surface area (Å²) in [5.74, 6) is 0.584. The molecule has 5 heteroatoms. The number of nitrogens with zero attached hydrogens (tertiary/aromatic N) is 3. The number of hydrogen-bond acceptors (Lipinski definition) is 4. The minimum atomic E-state index is 0.584. The molecule has 0 saturated heterocycles. The van der Waals surface area contributed by atoms with Gasteiger partial charge in [0.2, 0.25) is 0 Å². The highest BCUT2D eigenvalue weighted by molar-refractivity contribution is 7.09. The third-order valence-electron chi connectivity index (χ3n) is 2.38. The normalized spacial score (nSPS) is 11.1. The van der Waals surface area contributed by atoms with Crippen LogP contribution in [0.1, 0.15) is 4.88 Å². The summed E-state index contributed by atoms with van der Waals surface area (Å²) >= 11 is 1.79. The van der Waals surface area contributed by atoms with Crippen molar-refractivity contribution in [1.82, 2.24) is 14.7 Å². The van der Waals surface area contributed by atoms with Crippen LogP contribution in [0.25, 0.3) is 0 Å². The van der Waals surface area contributed by atoms with Gasteiger partial charge in [-0.2, -0.15) is 5.10 Å². The maximum Gasteiger partial charge on any atom is 0.145 e. The van der Waals surface area contributed by atoms with Crippen molar-refractivity contribution in [2.75, 3.05) is 19.3 Å². The fourth-order valence-corrected chi connectivity index (χ4v) is 2.31. The van der Waals surface area contributed by atoms with Crippen LogP contribution in [0.5, 0.6) is 0 Å². The van der Waals surface area contributed by atoms with E-state index in [-0.39, 0.29) is 0 Å². The number of nitrogens with two attached hydrogens (primary N) is 1. The van der Waals surface area contributed by atoms with Crippen molar-refractivity contribution in [2.45, 2.75) is 13.1 Å². The Kier molecular flexibility index (Phi) is 3.58. The van der Waals surface area contributed by atoms with E-state index in [1.54, 1.807) is 11.3 Å². The van der Waals surface area contributed by atoms with Crippen LogP contribution in [0.2, 0.25) is 0 Å². The van der Waals surface area contributed by atoms with E-state index in [2.05, 4.69) is 34.6 Å². The van der Waals surface area contributed by atoms with Crippen molar-refractivity contribution in [3.05, 3.63) is 34.7 Å². The molecule has 4 nitrogen and oxygen atoms in total. The van der Waals surface area contributed by atoms with Gasteiger partial charge in [-0.15, -0.1) is 11.3 Å². The molecule has 2 N–H and O–H groups in total. The van der Waals surface area contributed by atoms with E-state index in [0.717, 1.165) is 19.6 Å². The summed E-state index contributed by atoms with van der Waals surface area (Å²) < 4.78 is 1.88. The van der Waals surface area contributed by atoms with Gasteiger partial charge in [0, 0.05) is 24.2 Å². The first kappa shape index (κ1) is 11.2. The Labute approximate surface area is 99.3 Å². The van der Waals surface area contributed by atoms with E-state index >= 15 is 0 Å². The zero-order chi connectivity index (χ0) is 11.4. The number of rotatable bonds is 5. The molecule has 0 spiro atoms. The molecule has 0 aliphatic heterocycles. The van der Waals surface area contributed by atoms with Gasteiger partial charge >= 0.3 is 0 Å². The van der Waals surface area contributed by atoms with Crippen molar-refractivity contribution in [2.24, 2.45) is 0 Å². The maximum absolute atomic E-state index is 5.55. The van der Waals surface area contributed by atoms with Crippen molar-refractivity contribution in [1.29, 1.82) is 0 Å². The second kappa shape index (κ2) is 5.14. The topological polar surface area (TPSA) is 47.1 Å². The molecule has 2 rings (SSSR count). The Balaban J connectivity index is 1.77. The number of likely N-dealkylation sites (N-methyl/N-ethyl adjacent to an activating group) is 1. The lowest BCUT2D eigenvalue weighted by atomic mass is 10.4. The van der Waals surface area contributed by atoms with Crippen LogP contribution in [-0.4, -0.2) is 28.3 Å². The van der Waals surface area contributed by atoms with Crippen LogP contribution in [0.15, 0.2) is 29.8 Å². The zero-order valence-electron chi connectivity index (χ0n) is 9.34. The molecule has 2 aromatic heterocycles. The summed E-state index contributed by atoms with van der Waals surface area (Å²) in [7, 11) is 2.12. The number of anilines is 1. The average molecular weight is 236 g/mol. The van der Waals surface area contributed by atoms with E-state index in [1.165, 1.54) is 4.88 Å². The van der Waals surface area contributed by atoms with Crippen molar-refractivity contribution in [3.8, 4) is 0 Å². The maximum atomic E-state index is 5.55. The van der Waals surface area contributed by atoms with E-state index < -0.39 is 0 Å². The molecule has 0 bridgehead atoms. The number of thiophene rings is 1. The SMILES string of the molecule is CN(CCn1ccc(N)n1)Cc1cccs1. The van der Waals surface area contributed by atoms with Crippen LogP contribution >= 0.6 is 11.3 Å². The number of aromatic nitrogens is 2. The van der Waals surface area contributed by atoms with Gasteiger partial charge in [-0.3, -0.25) is 9.58 Å². The summed E-state index contributed by atoms with van der Waals surface area (Å²) in [6.07, 6.45) is 1.91. The van der Waals surface area contributed by atoms with Gasteiger partial charge in [0.1, 0.15) is 5.82 Å². The standard InChI is InChI=1S/C11H16N4S/c1-14(9-10-3-2-8-16-10)6-7-15-5-4-11(12)13-15/h2-5,8H,6-7,9H2,1H3,(H2,12,13). The fourth-order valence-electron chi connectivity index (χ4n) is 1.52. The second-order valence-electron chi connectivity index (χ2n) is 3.82. The molecule has 16 heavy (non-hydrogen) atoms. The highest BCUT2D eigenvalue weighted by Crippen LogP contribution is 2.10. The molecule has 0 aliphatic rings. The number of hydrogen-bond donors (Lipinski definition) is 1. The third-order valence-corrected chi connectivity index (χ3v) is 3.24. The zero-order valence-corrected chi connectivity index (χ0v) is 10.2. The first-order valence-corrected chi connectivity index (χ1v) is 6.12. The minimum Gasteiger partial charge on any atom is -0.382 e. The van der Waals surface area contributed by atoms with Crippen molar-refractivity contribution >= 4 is 17.2 Å². The molecule has 0 aliphatic carbocycles. The van der Waals surface area contributed by atoms with Gasteiger partial charge in [-0.1, -0.05) is 6.07 Å². The lowest BCUT2D eigenvalue weighted by Gasteiger charge is -2.15. The molecule has 0 fully saturated rings. The molecule has 2 heterocycles. The third kappa shape index (κ3) is 3.08. The predicted octanol–water partition coefficient (Wildman–Crippen LogP) is 1.66.